The third-order valence-electron chi connectivity index (χ3n) is 5.38. The first-order chi connectivity index (χ1) is 14.3. The van der Waals surface area contributed by atoms with Crippen LogP contribution in [0.15, 0.2) is 58.0 Å². The molecule has 152 valence electrons. The topological polar surface area (TPSA) is 68.0 Å². The van der Waals surface area contributed by atoms with E-state index in [4.69, 9.17) is 4.42 Å². The molecule has 0 saturated heterocycles. The highest BCUT2D eigenvalue weighted by atomic mass is 16.3. The number of aromatic nitrogens is 2. The van der Waals surface area contributed by atoms with E-state index in [1.54, 1.807) is 19.3 Å². The summed E-state index contributed by atoms with van der Waals surface area (Å²) in [4.78, 5) is 21.9. The van der Waals surface area contributed by atoms with Gasteiger partial charge in [0, 0.05) is 34.8 Å². The number of fused-ring (bicyclic) bond motifs is 1. The van der Waals surface area contributed by atoms with E-state index in [1.807, 2.05) is 51.1 Å². The lowest BCUT2D eigenvalue weighted by molar-refractivity contribution is 0.605. The van der Waals surface area contributed by atoms with Crippen molar-refractivity contribution in [3.8, 4) is 11.3 Å². The van der Waals surface area contributed by atoms with Gasteiger partial charge in [-0.15, -0.1) is 0 Å². The molecule has 5 nitrogen and oxygen atoms in total. The van der Waals surface area contributed by atoms with Crippen LogP contribution in [-0.2, 0) is 0 Å². The Labute approximate surface area is 175 Å². The molecule has 3 aromatic heterocycles. The summed E-state index contributed by atoms with van der Waals surface area (Å²) in [7, 11) is 0. The highest BCUT2D eigenvalue weighted by molar-refractivity contribution is 5.84. The van der Waals surface area contributed by atoms with Crippen molar-refractivity contribution in [1.29, 1.82) is 0 Å². The summed E-state index contributed by atoms with van der Waals surface area (Å²) in [5.74, 6) is 0.561. The monoisotopic (exact) mass is 399 g/mol. The van der Waals surface area contributed by atoms with E-state index >= 15 is 0 Å². The van der Waals surface area contributed by atoms with E-state index in [1.165, 1.54) is 0 Å². The van der Waals surface area contributed by atoms with E-state index in [0.717, 1.165) is 33.8 Å². The maximum absolute atomic E-state index is 13.2. The molecule has 30 heavy (non-hydrogen) atoms. The van der Waals surface area contributed by atoms with Gasteiger partial charge in [-0.2, -0.15) is 0 Å². The van der Waals surface area contributed by atoms with Crippen LogP contribution in [-0.4, -0.2) is 9.97 Å². The Hall–Kier alpha value is -3.47. The molecular weight excluding hydrogens is 374 g/mol. The van der Waals surface area contributed by atoms with Crippen LogP contribution in [0.2, 0.25) is 0 Å². The first kappa shape index (κ1) is 19.8. The minimum Gasteiger partial charge on any atom is -0.455 e. The summed E-state index contributed by atoms with van der Waals surface area (Å²) in [6.07, 6.45) is 3.42. The zero-order valence-electron chi connectivity index (χ0n) is 17.9. The Balaban J connectivity index is 1.89. The number of pyridine rings is 2. The van der Waals surface area contributed by atoms with Crippen LogP contribution in [0.5, 0.6) is 0 Å². The van der Waals surface area contributed by atoms with E-state index in [-0.39, 0.29) is 11.5 Å². The number of nitrogens with one attached hydrogen (secondary N) is 1. The first-order valence-corrected chi connectivity index (χ1v) is 10.0. The molecule has 0 bridgehead atoms. The van der Waals surface area contributed by atoms with Crippen molar-refractivity contribution in [1.82, 2.24) is 9.97 Å². The number of rotatable bonds is 4. The van der Waals surface area contributed by atoms with Crippen molar-refractivity contribution in [3.63, 3.8) is 0 Å². The predicted molar refractivity (Wildman–Crippen MR) is 121 cm³/mol. The maximum Gasteiger partial charge on any atom is 0.196 e. The lowest BCUT2D eigenvalue weighted by atomic mass is 9.99. The fourth-order valence-corrected chi connectivity index (χ4v) is 3.81. The summed E-state index contributed by atoms with van der Waals surface area (Å²) in [5, 5.41) is 4.13. The molecule has 0 aliphatic rings. The van der Waals surface area contributed by atoms with Gasteiger partial charge in [0.1, 0.15) is 11.3 Å². The third kappa shape index (κ3) is 3.59. The molecule has 1 atom stereocenters. The van der Waals surface area contributed by atoms with Gasteiger partial charge in [0.25, 0.3) is 0 Å². The molecule has 0 aliphatic carbocycles. The summed E-state index contributed by atoms with van der Waals surface area (Å²) in [6.45, 7) is 9.83. The standard InChI is InChI=1S/C25H25N3O2/c1-14-11-20(17(4)28-22-9-8-15(2)27-18(22)5)25-21(12-14)23(29)16(3)24(30-25)19-7-6-10-26-13-19/h6-13,17,28H,1-5H3. The number of benzene rings is 1. The molecule has 0 fully saturated rings. The summed E-state index contributed by atoms with van der Waals surface area (Å²) >= 11 is 0. The largest absolute Gasteiger partial charge is 0.455 e. The molecule has 0 aliphatic heterocycles. The highest BCUT2D eigenvalue weighted by Gasteiger charge is 2.19. The van der Waals surface area contributed by atoms with Crippen LogP contribution < -0.4 is 10.7 Å². The van der Waals surface area contributed by atoms with E-state index in [2.05, 4.69) is 28.3 Å². The minimum atomic E-state index is -0.0804. The number of anilines is 1. The van der Waals surface area contributed by atoms with Crippen LogP contribution in [0.1, 0.15) is 41.0 Å². The molecule has 0 spiro atoms. The number of nitrogens with zero attached hydrogens (tertiary/aromatic N) is 2. The van der Waals surface area contributed by atoms with Crippen molar-refractivity contribution in [2.45, 2.75) is 40.7 Å². The Kier molecular flexibility index (Phi) is 5.12. The van der Waals surface area contributed by atoms with Gasteiger partial charge in [-0.25, -0.2) is 0 Å². The summed E-state index contributed by atoms with van der Waals surface area (Å²) < 4.78 is 6.36. The second kappa shape index (κ2) is 7.75. The Morgan fingerprint density at radius 3 is 2.57 bits per heavy atom. The van der Waals surface area contributed by atoms with Gasteiger partial charge in [0.05, 0.1) is 22.8 Å². The minimum absolute atomic E-state index is 0.0135. The molecule has 1 aromatic carbocycles. The summed E-state index contributed by atoms with van der Waals surface area (Å²) in [5.41, 5.74) is 6.81. The van der Waals surface area contributed by atoms with E-state index in [0.29, 0.717) is 22.3 Å². The van der Waals surface area contributed by atoms with Gasteiger partial charge in [0.2, 0.25) is 0 Å². The second-order valence-electron chi connectivity index (χ2n) is 7.81. The molecule has 0 saturated carbocycles. The van der Waals surface area contributed by atoms with Crippen molar-refractivity contribution < 1.29 is 4.42 Å². The molecule has 4 aromatic rings. The molecule has 1 N–H and O–H groups in total. The average molecular weight is 399 g/mol. The number of hydrogen-bond acceptors (Lipinski definition) is 5. The lowest BCUT2D eigenvalue weighted by Crippen LogP contribution is -2.13. The van der Waals surface area contributed by atoms with Gasteiger partial charge in [0.15, 0.2) is 5.43 Å². The number of aryl methyl sites for hydroxylation is 3. The average Bonchev–Trinajstić information content (AvgIpc) is 2.73. The van der Waals surface area contributed by atoms with Crippen molar-refractivity contribution >= 4 is 16.7 Å². The Bertz CT molecular complexity index is 1290. The van der Waals surface area contributed by atoms with Gasteiger partial charge in [-0.3, -0.25) is 14.8 Å². The van der Waals surface area contributed by atoms with Gasteiger partial charge in [-0.05, 0) is 70.5 Å². The molecule has 0 radical (unpaired) electrons. The molecule has 5 heteroatoms. The smallest absolute Gasteiger partial charge is 0.196 e. The summed E-state index contributed by atoms with van der Waals surface area (Å²) in [6, 6.07) is 11.7. The fraction of sp³-hybridized carbons (Fsp3) is 0.240. The van der Waals surface area contributed by atoms with E-state index in [9.17, 15) is 4.79 Å². The van der Waals surface area contributed by atoms with Crippen molar-refractivity contribution in [3.05, 3.63) is 87.1 Å². The quantitative estimate of drug-likeness (QED) is 0.480. The normalized spacial score (nSPS) is 12.2. The number of hydrogen-bond donors (Lipinski definition) is 1. The van der Waals surface area contributed by atoms with Crippen molar-refractivity contribution in [2.75, 3.05) is 5.32 Å². The predicted octanol–water partition coefficient (Wildman–Crippen LogP) is 5.66. The van der Waals surface area contributed by atoms with Crippen LogP contribution in [0.4, 0.5) is 5.69 Å². The fourth-order valence-electron chi connectivity index (χ4n) is 3.81. The Morgan fingerprint density at radius 2 is 1.87 bits per heavy atom. The maximum atomic E-state index is 13.2. The van der Waals surface area contributed by atoms with Crippen LogP contribution in [0, 0.1) is 27.7 Å². The lowest BCUT2D eigenvalue weighted by Gasteiger charge is -2.20. The highest BCUT2D eigenvalue weighted by Crippen LogP contribution is 2.32. The zero-order valence-corrected chi connectivity index (χ0v) is 17.9. The van der Waals surface area contributed by atoms with Gasteiger partial charge >= 0.3 is 0 Å². The van der Waals surface area contributed by atoms with Crippen LogP contribution >= 0.6 is 0 Å². The van der Waals surface area contributed by atoms with Gasteiger partial charge in [-0.1, -0.05) is 6.07 Å². The Morgan fingerprint density at radius 1 is 1.07 bits per heavy atom. The molecule has 3 heterocycles. The third-order valence-corrected chi connectivity index (χ3v) is 5.38. The van der Waals surface area contributed by atoms with Crippen LogP contribution in [0.3, 0.4) is 0 Å². The molecule has 1 unspecified atom stereocenters. The first-order valence-electron chi connectivity index (χ1n) is 10.0. The molecular formula is C25H25N3O2. The molecule has 4 rings (SSSR count). The second-order valence-corrected chi connectivity index (χ2v) is 7.81. The molecule has 0 amide bonds. The van der Waals surface area contributed by atoms with Crippen molar-refractivity contribution in [2.24, 2.45) is 0 Å². The van der Waals surface area contributed by atoms with Gasteiger partial charge < -0.3 is 9.73 Å². The zero-order chi connectivity index (χ0) is 21.4. The van der Waals surface area contributed by atoms with Crippen LogP contribution in [0.25, 0.3) is 22.3 Å². The SMILES string of the molecule is Cc1cc(C(C)Nc2ccc(C)nc2C)c2oc(-c3cccnc3)c(C)c(=O)c2c1. The van der Waals surface area contributed by atoms with E-state index < -0.39 is 0 Å².